The summed E-state index contributed by atoms with van der Waals surface area (Å²) in [6, 6.07) is 16.5. The molecule has 0 aromatic heterocycles. The number of nitrogens with one attached hydrogen (secondary N) is 1. The first-order valence-corrected chi connectivity index (χ1v) is 9.84. The summed E-state index contributed by atoms with van der Waals surface area (Å²) >= 11 is 1.68. The van der Waals surface area contributed by atoms with Crippen molar-refractivity contribution < 1.29 is 9.59 Å². The zero-order valence-electron chi connectivity index (χ0n) is 14.3. The average Bonchev–Trinajstić information content (AvgIpc) is 3.09. The van der Waals surface area contributed by atoms with Crippen molar-refractivity contribution in [2.24, 2.45) is 0 Å². The second kappa shape index (κ2) is 8.21. The number of hydrogen-bond donors (Lipinski definition) is 1. The van der Waals surface area contributed by atoms with Gasteiger partial charge in [0.2, 0.25) is 5.91 Å². The van der Waals surface area contributed by atoms with Crippen LogP contribution >= 0.6 is 11.8 Å². The van der Waals surface area contributed by atoms with Crippen LogP contribution in [0.5, 0.6) is 0 Å². The predicted molar refractivity (Wildman–Crippen MR) is 103 cm³/mol. The lowest BCUT2D eigenvalue weighted by molar-refractivity contribution is -0.120. The van der Waals surface area contributed by atoms with Gasteiger partial charge in [-0.05, 0) is 48.6 Å². The minimum absolute atomic E-state index is 0.0247. The number of para-hydroxylation sites is 1. The topological polar surface area (TPSA) is 49.4 Å². The van der Waals surface area contributed by atoms with E-state index in [1.165, 1.54) is 5.56 Å². The van der Waals surface area contributed by atoms with E-state index < -0.39 is 6.04 Å². The fourth-order valence-electron chi connectivity index (χ4n) is 3.08. The van der Waals surface area contributed by atoms with Crippen LogP contribution in [-0.4, -0.2) is 36.4 Å². The van der Waals surface area contributed by atoms with Crippen LogP contribution in [-0.2, 0) is 11.2 Å². The minimum atomic E-state index is -0.508. The fourth-order valence-corrected chi connectivity index (χ4v) is 3.55. The summed E-state index contributed by atoms with van der Waals surface area (Å²) in [4.78, 5) is 27.4. The van der Waals surface area contributed by atoms with Crippen molar-refractivity contribution in [1.82, 2.24) is 5.32 Å². The van der Waals surface area contributed by atoms with Crippen LogP contribution in [0.25, 0.3) is 0 Å². The van der Waals surface area contributed by atoms with E-state index in [9.17, 15) is 9.59 Å². The van der Waals surface area contributed by atoms with Gasteiger partial charge < -0.3 is 10.2 Å². The highest BCUT2D eigenvalue weighted by Gasteiger charge is 2.30. The van der Waals surface area contributed by atoms with Gasteiger partial charge in [-0.1, -0.05) is 36.4 Å². The maximum absolute atomic E-state index is 13.1. The zero-order valence-corrected chi connectivity index (χ0v) is 15.1. The van der Waals surface area contributed by atoms with Gasteiger partial charge in [0.25, 0.3) is 5.91 Å². The third kappa shape index (κ3) is 4.04. The summed E-state index contributed by atoms with van der Waals surface area (Å²) in [6.07, 6.45) is 3.49. The molecule has 0 saturated carbocycles. The molecule has 1 N–H and O–H groups in total. The molecule has 0 bridgehead atoms. The van der Waals surface area contributed by atoms with Crippen LogP contribution in [0.2, 0.25) is 0 Å². The number of anilines is 1. The summed E-state index contributed by atoms with van der Waals surface area (Å²) < 4.78 is 0. The summed E-state index contributed by atoms with van der Waals surface area (Å²) in [5.74, 6) is 0.594. The molecule has 130 valence electrons. The van der Waals surface area contributed by atoms with Crippen molar-refractivity contribution in [3.8, 4) is 0 Å². The standard InChI is InChI=1S/C20H22N2O2S/c1-25-14-12-17(21-19(23)16-8-3-2-4-9-16)20(24)22-13-11-15-7-5-6-10-18(15)22/h2-10,17H,11-14H2,1H3,(H,21,23). The zero-order chi connectivity index (χ0) is 17.6. The minimum Gasteiger partial charge on any atom is -0.340 e. The Balaban J connectivity index is 1.76. The molecule has 4 nitrogen and oxygen atoms in total. The van der Waals surface area contributed by atoms with Crippen molar-refractivity contribution in [3.05, 3.63) is 65.7 Å². The summed E-state index contributed by atoms with van der Waals surface area (Å²) in [5.41, 5.74) is 2.73. The van der Waals surface area contributed by atoms with E-state index in [0.29, 0.717) is 18.5 Å². The van der Waals surface area contributed by atoms with E-state index in [1.807, 2.05) is 47.6 Å². The van der Waals surface area contributed by atoms with Gasteiger partial charge in [0.15, 0.2) is 0 Å². The third-order valence-corrected chi connectivity index (χ3v) is 5.05. The maximum atomic E-state index is 13.1. The number of carbonyl (C=O) groups is 2. The summed E-state index contributed by atoms with van der Waals surface area (Å²) in [7, 11) is 0. The van der Waals surface area contributed by atoms with Crippen molar-refractivity contribution >= 4 is 29.3 Å². The highest BCUT2D eigenvalue weighted by Crippen LogP contribution is 2.28. The first kappa shape index (κ1) is 17.5. The second-order valence-corrected chi connectivity index (χ2v) is 7.03. The molecule has 1 atom stereocenters. The SMILES string of the molecule is CSCCC(NC(=O)c1ccccc1)C(=O)N1CCc2ccccc21. The summed E-state index contributed by atoms with van der Waals surface area (Å²) in [5, 5.41) is 2.93. The maximum Gasteiger partial charge on any atom is 0.251 e. The first-order chi connectivity index (χ1) is 12.2. The Kier molecular flexibility index (Phi) is 5.76. The number of rotatable bonds is 6. The van der Waals surface area contributed by atoms with Gasteiger partial charge in [-0.2, -0.15) is 11.8 Å². The third-order valence-electron chi connectivity index (χ3n) is 4.40. The van der Waals surface area contributed by atoms with Gasteiger partial charge >= 0.3 is 0 Å². The Morgan fingerprint density at radius 2 is 1.84 bits per heavy atom. The fraction of sp³-hybridized carbons (Fsp3) is 0.300. The van der Waals surface area contributed by atoms with Crippen LogP contribution in [0, 0.1) is 0 Å². The number of hydrogen-bond acceptors (Lipinski definition) is 3. The van der Waals surface area contributed by atoms with E-state index in [2.05, 4.69) is 11.4 Å². The quantitative estimate of drug-likeness (QED) is 0.867. The molecule has 3 rings (SSSR count). The molecule has 0 saturated heterocycles. The molecule has 0 fully saturated rings. The lowest BCUT2D eigenvalue weighted by Gasteiger charge is -2.25. The van der Waals surface area contributed by atoms with Crippen LogP contribution < -0.4 is 10.2 Å². The first-order valence-electron chi connectivity index (χ1n) is 8.45. The molecule has 2 aromatic rings. The van der Waals surface area contributed by atoms with Crippen molar-refractivity contribution in [1.29, 1.82) is 0 Å². The highest BCUT2D eigenvalue weighted by molar-refractivity contribution is 7.98. The Hall–Kier alpha value is -2.27. The van der Waals surface area contributed by atoms with Gasteiger partial charge in [-0.3, -0.25) is 9.59 Å². The molecule has 1 aliphatic heterocycles. The number of thioether (sulfide) groups is 1. The molecule has 0 aliphatic carbocycles. The normalized spacial score (nSPS) is 14.0. The van der Waals surface area contributed by atoms with Gasteiger partial charge in [-0.15, -0.1) is 0 Å². The number of nitrogens with zero attached hydrogens (tertiary/aromatic N) is 1. The highest BCUT2D eigenvalue weighted by atomic mass is 32.2. The van der Waals surface area contributed by atoms with E-state index in [0.717, 1.165) is 17.9 Å². The smallest absolute Gasteiger partial charge is 0.251 e. The van der Waals surface area contributed by atoms with Gasteiger partial charge in [0.05, 0.1) is 0 Å². The number of carbonyl (C=O) groups excluding carboxylic acids is 2. The van der Waals surface area contributed by atoms with Crippen molar-refractivity contribution in [3.63, 3.8) is 0 Å². The van der Waals surface area contributed by atoms with Crippen LogP contribution in [0.3, 0.4) is 0 Å². The molecule has 0 radical (unpaired) electrons. The summed E-state index contributed by atoms with van der Waals surface area (Å²) in [6.45, 7) is 0.676. The van der Waals surface area contributed by atoms with E-state index >= 15 is 0 Å². The number of fused-ring (bicyclic) bond motifs is 1. The Bertz CT molecular complexity index is 748. The molecule has 2 amide bonds. The molecule has 25 heavy (non-hydrogen) atoms. The van der Waals surface area contributed by atoms with E-state index in [-0.39, 0.29) is 11.8 Å². The number of benzene rings is 2. The van der Waals surface area contributed by atoms with Crippen molar-refractivity contribution in [2.75, 3.05) is 23.5 Å². The van der Waals surface area contributed by atoms with E-state index in [4.69, 9.17) is 0 Å². The molecule has 1 unspecified atom stereocenters. The Morgan fingerprint density at radius 3 is 2.60 bits per heavy atom. The molecule has 5 heteroatoms. The van der Waals surface area contributed by atoms with Crippen LogP contribution in [0.4, 0.5) is 5.69 Å². The predicted octanol–water partition coefficient (Wildman–Crippen LogP) is 3.13. The number of amides is 2. The Morgan fingerprint density at radius 1 is 1.12 bits per heavy atom. The molecule has 2 aromatic carbocycles. The van der Waals surface area contributed by atoms with Crippen LogP contribution in [0.15, 0.2) is 54.6 Å². The van der Waals surface area contributed by atoms with E-state index in [1.54, 1.807) is 23.9 Å². The lowest BCUT2D eigenvalue weighted by atomic mass is 10.1. The molecule has 1 heterocycles. The molecular weight excluding hydrogens is 332 g/mol. The largest absolute Gasteiger partial charge is 0.340 e. The average molecular weight is 354 g/mol. The molecule has 1 aliphatic rings. The van der Waals surface area contributed by atoms with Crippen LogP contribution in [0.1, 0.15) is 22.3 Å². The van der Waals surface area contributed by atoms with Gasteiger partial charge in [-0.25, -0.2) is 0 Å². The Labute approximate surface area is 152 Å². The van der Waals surface area contributed by atoms with Crippen molar-refractivity contribution in [2.45, 2.75) is 18.9 Å². The lowest BCUT2D eigenvalue weighted by Crippen LogP contribution is -2.48. The molecular formula is C20H22N2O2S. The molecule has 0 spiro atoms. The van der Waals surface area contributed by atoms with Gasteiger partial charge in [0, 0.05) is 17.8 Å². The second-order valence-electron chi connectivity index (χ2n) is 6.04. The van der Waals surface area contributed by atoms with Gasteiger partial charge in [0.1, 0.15) is 6.04 Å². The monoisotopic (exact) mass is 354 g/mol.